The predicted octanol–water partition coefficient (Wildman–Crippen LogP) is 2.55. The molecular formula is C16H19N3O2. The van der Waals surface area contributed by atoms with Gasteiger partial charge in [-0.15, -0.1) is 0 Å². The lowest BCUT2D eigenvalue weighted by Gasteiger charge is -2.31. The van der Waals surface area contributed by atoms with Gasteiger partial charge >= 0.3 is 5.97 Å². The molecule has 0 aliphatic carbocycles. The Morgan fingerprint density at radius 3 is 2.95 bits per heavy atom. The summed E-state index contributed by atoms with van der Waals surface area (Å²) in [6, 6.07) is 8.35. The van der Waals surface area contributed by atoms with Gasteiger partial charge in [0.25, 0.3) is 0 Å². The Morgan fingerprint density at radius 1 is 1.38 bits per heavy atom. The van der Waals surface area contributed by atoms with E-state index < -0.39 is 5.97 Å². The average molecular weight is 285 g/mol. The summed E-state index contributed by atoms with van der Waals surface area (Å²) in [6.07, 6.45) is 3.87. The molecule has 1 aromatic heterocycles. The Labute approximate surface area is 123 Å². The molecule has 0 bridgehead atoms. The van der Waals surface area contributed by atoms with Gasteiger partial charge in [-0.2, -0.15) is 5.10 Å². The molecule has 2 heterocycles. The molecule has 110 valence electrons. The average Bonchev–Trinajstić information content (AvgIpc) is 2.90. The van der Waals surface area contributed by atoms with Crippen LogP contribution in [0.25, 0.3) is 0 Å². The fourth-order valence-electron chi connectivity index (χ4n) is 3.01. The summed E-state index contributed by atoms with van der Waals surface area (Å²) >= 11 is 0. The maximum absolute atomic E-state index is 11.5. The molecule has 1 aliphatic rings. The van der Waals surface area contributed by atoms with Crippen molar-refractivity contribution in [1.29, 1.82) is 0 Å². The Balaban J connectivity index is 1.92. The summed E-state index contributed by atoms with van der Waals surface area (Å²) in [6.45, 7) is 4.02. The molecule has 0 spiro atoms. The lowest BCUT2D eigenvalue weighted by Crippen LogP contribution is -2.29. The number of hydrogen-bond acceptors (Lipinski definition) is 3. The van der Waals surface area contributed by atoms with E-state index in [9.17, 15) is 9.90 Å². The molecular weight excluding hydrogens is 266 g/mol. The highest BCUT2D eigenvalue weighted by atomic mass is 16.4. The standard InChI is InChI=1S/C16H19N3O2/c1-2-19-15(16(20)21)13(10-17-19)11-18-9-5-7-12-6-3-4-8-14(12)18/h3-4,6,8,10H,2,5,7,9,11H2,1H3,(H,20,21). The molecule has 5 heteroatoms. The minimum atomic E-state index is -0.908. The number of aromatic carboxylic acids is 1. The van der Waals surface area contributed by atoms with Crippen molar-refractivity contribution in [3.8, 4) is 0 Å². The van der Waals surface area contributed by atoms with Crippen LogP contribution in [0.5, 0.6) is 0 Å². The van der Waals surface area contributed by atoms with Gasteiger partial charge in [-0.1, -0.05) is 18.2 Å². The van der Waals surface area contributed by atoms with Gasteiger partial charge in [0.1, 0.15) is 0 Å². The smallest absolute Gasteiger partial charge is 0.354 e. The molecule has 1 aromatic carbocycles. The van der Waals surface area contributed by atoms with Crippen molar-refractivity contribution in [2.45, 2.75) is 32.9 Å². The van der Waals surface area contributed by atoms with E-state index in [1.807, 2.05) is 13.0 Å². The molecule has 1 aliphatic heterocycles. The zero-order chi connectivity index (χ0) is 14.8. The SMILES string of the molecule is CCn1ncc(CN2CCCc3ccccc32)c1C(=O)O. The van der Waals surface area contributed by atoms with Gasteiger partial charge in [-0.3, -0.25) is 4.68 Å². The molecule has 1 N–H and O–H groups in total. The van der Waals surface area contributed by atoms with Crippen LogP contribution in [0.3, 0.4) is 0 Å². The molecule has 0 fully saturated rings. The molecule has 0 atom stereocenters. The van der Waals surface area contributed by atoms with Crippen LogP contribution in [0.2, 0.25) is 0 Å². The zero-order valence-corrected chi connectivity index (χ0v) is 12.1. The zero-order valence-electron chi connectivity index (χ0n) is 12.1. The number of benzene rings is 1. The van der Waals surface area contributed by atoms with Crippen molar-refractivity contribution in [3.63, 3.8) is 0 Å². The molecule has 0 unspecified atom stereocenters. The Kier molecular flexibility index (Phi) is 3.64. The molecule has 0 saturated heterocycles. The van der Waals surface area contributed by atoms with Gasteiger partial charge in [0, 0.05) is 30.9 Å². The summed E-state index contributed by atoms with van der Waals surface area (Å²) in [4.78, 5) is 13.7. The van der Waals surface area contributed by atoms with E-state index in [1.54, 1.807) is 10.9 Å². The van der Waals surface area contributed by atoms with E-state index in [0.29, 0.717) is 18.8 Å². The van der Waals surface area contributed by atoms with E-state index in [1.165, 1.54) is 11.3 Å². The van der Waals surface area contributed by atoms with Gasteiger partial charge in [-0.05, 0) is 31.4 Å². The first-order valence-corrected chi connectivity index (χ1v) is 7.31. The Morgan fingerprint density at radius 2 is 2.19 bits per heavy atom. The van der Waals surface area contributed by atoms with Crippen molar-refractivity contribution >= 4 is 11.7 Å². The highest BCUT2D eigenvalue weighted by Crippen LogP contribution is 2.28. The first kappa shape index (κ1) is 13.7. The van der Waals surface area contributed by atoms with E-state index in [0.717, 1.165) is 24.9 Å². The second-order valence-corrected chi connectivity index (χ2v) is 5.29. The highest BCUT2D eigenvalue weighted by molar-refractivity contribution is 5.87. The second-order valence-electron chi connectivity index (χ2n) is 5.29. The van der Waals surface area contributed by atoms with Crippen molar-refractivity contribution in [1.82, 2.24) is 9.78 Å². The number of para-hydroxylation sites is 1. The number of hydrogen-bond donors (Lipinski definition) is 1. The topological polar surface area (TPSA) is 58.4 Å². The van der Waals surface area contributed by atoms with Crippen molar-refractivity contribution in [3.05, 3.63) is 47.3 Å². The monoisotopic (exact) mass is 285 g/mol. The summed E-state index contributed by atoms with van der Waals surface area (Å²) in [5.74, 6) is -0.908. The number of carboxylic acids is 1. The molecule has 0 saturated carbocycles. The molecule has 21 heavy (non-hydrogen) atoms. The number of aromatic nitrogens is 2. The molecule has 2 aromatic rings. The van der Waals surface area contributed by atoms with Crippen molar-refractivity contribution in [2.24, 2.45) is 0 Å². The maximum atomic E-state index is 11.5. The van der Waals surface area contributed by atoms with Crippen molar-refractivity contribution in [2.75, 3.05) is 11.4 Å². The largest absolute Gasteiger partial charge is 0.477 e. The third kappa shape index (κ3) is 2.51. The van der Waals surface area contributed by atoms with Gasteiger partial charge < -0.3 is 10.0 Å². The fraction of sp³-hybridized carbons (Fsp3) is 0.375. The van der Waals surface area contributed by atoms with E-state index in [4.69, 9.17) is 0 Å². The summed E-state index contributed by atoms with van der Waals surface area (Å²) in [5, 5.41) is 13.6. The molecule has 3 rings (SSSR count). The van der Waals surface area contributed by atoms with Crippen LogP contribution in [0, 0.1) is 0 Å². The van der Waals surface area contributed by atoms with Gasteiger partial charge in [0.05, 0.1) is 6.20 Å². The maximum Gasteiger partial charge on any atom is 0.354 e. The van der Waals surface area contributed by atoms with Crippen LogP contribution in [0.15, 0.2) is 30.5 Å². The van der Waals surface area contributed by atoms with Crippen LogP contribution in [-0.4, -0.2) is 27.4 Å². The van der Waals surface area contributed by atoms with Crippen LogP contribution in [-0.2, 0) is 19.5 Å². The Bertz CT molecular complexity index is 663. The first-order chi connectivity index (χ1) is 10.2. The normalized spacial score (nSPS) is 14.0. The number of aryl methyl sites for hydroxylation is 2. The number of anilines is 1. The summed E-state index contributed by atoms with van der Waals surface area (Å²) in [5.41, 5.74) is 3.63. The van der Waals surface area contributed by atoms with Crippen LogP contribution < -0.4 is 4.90 Å². The van der Waals surface area contributed by atoms with Crippen LogP contribution in [0.1, 0.15) is 35.0 Å². The number of carboxylic acid groups (broad SMARTS) is 1. The predicted molar refractivity (Wildman–Crippen MR) is 80.7 cm³/mol. The quantitative estimate of drug-likeness (QED) is 0.938. The summed E-state index contributed by atoms with van der Waals surface area (Å²) in [7, 11) is 0. The number of carbonyl (C=O) groups is 1. The number of fused-ring (bicyclic) bond motifs is 1. The van der Waals surface area contributed by atoms with E-state index in [2.05, 4.69) is 28.2 Å². The highest BCUT2D eigenvalue weighted by Gasteiger charge is 2.22. The van der Waals surface area contributed by atoms with Crippen LogP contribution in [0.4, 0.5) is 5.69 Å². The lowest BCUT2D eigenvalue weighted by molar-refractivity contribution is 0.0682. The number of nitrogens with zero attached hydrogens (tertiary/aromatic N) is 3. The third-order valence-electron chi connectivity index (χ3n) is 3.99. The van der Waals surface area contributed by atoms with Crippen LogP contribution >= 0.6 is 0 Å². The second kappa shape index (κ2) is 5.60. The van der Waals surface area contributed by atoms with E-state index >= 15 is 0 Å². The third-order valence-corrected chi connectivity index (χ3v) is 3.99. The molecule has 5 nitrogen and oxygen atoms in total. The van der Waals surface area contributed by atoms with Gasteiger partial charge in [-0.25, -0.2) is 4.79 Å². The lowest BCUT2D eigenvalue weighted by atomic mass is 10.0. The van der Waals surface area contributed by atoms with Gasteiger partial charge in [0.2, 0.25) is 0 Å². The Hall–Kier alpha value is -2.30. The molecule has 0 amide bonds. The molecule has 0 radical (unpaired) electrons. The summed E-state index contributed by atoms with van der Waals surface area (Å²) < 4.78 is 1.55. The minimum Gasteiger partial charge on any atom is -0.477 e. The fourth-order valence-corrected chi connectivity index (χ4v) is 3.01. The first-order valence-electron chi connectivity index (χ1n) is 7.31. The van der Waals surface area contributed by atoms with Gasteiger partial charge in [0.15, 0.2) is 5.69 Å². The number of rotatable bonds is 4. The van der Waals surface area contributed by atoms with E-state index in [-0.39, 0.29) is 0 Å². The minimum absolute atomic E-state index is 0.306. The van der Waals surface area contributed by atoms with Crippen molar-refractivity contribution < 1.29 is 9.90 Å².